The highest BCUT2D eigenvalue weighted by molar-refractivity contribution is 4.72. The molecule has 1 aliphatic carbocycles. The summed E-state index contributed by atoms with van der Waals surface area (Å²) < 4.78 is 0. The molecule has 78 valence electrons. The zero-order valence-electron chi connectivity index (χ0n) is 9.10. The Balaban J connectivity index is 1.97. The summed E-state index contributed by atoms with van der Waals surface area (Å²) in [6.07, 6.45) is 5.80. The fourth-order valence-corrected chi connectivity index (χ4v) is 2.02. The minimum atomic E-state index is 0.626. The molecule has 0 aromatic rings. The van der Waals surface area contributed by atoms with Crippen LogP contribution >= 0.6 is 0 Å². The lowest BCUT2D eigenvalue weighted by molar-refractivity contribution is 0.433. The second-order valence-electron chi connectivity index (χ2n) is 4.27. The highest BCUT2D eigenvalue weighted by atomic mass is 15.0. The summed E-state index contributed by atoms with van der Waals surface area (Å²) in [5.74, 6) is 0.962. The number of likely N-dealkylation sites (N-methyl/N-ethyl adjacent to an activating group) is 1. The maximum atomic E-state index is 3.60. The lowest BCUT2D eigenvalue weighted by Gasteiger charge is -2.17. The lowest BCUT2D eigenvalue weighted by Crippen LogP contribution is -2.38. The van der Waals surface area contributed by atoms with Crippen molar-refractivity contribution in [1.82, 2.24) is 10.6 Å². The third kappa shape index (κ3) is 4.63. The molecule has 2 N–H and O–H groups in total. The Bertz CT molecular complexity index is 119. The molecule has 0 aliphatic heterocycles. The predicted molar refractivity (Wildman–Crippen MR) is 58.0 cm³/mol. The number of rotatable bonds is 6. The zero-order chi connectivity index (χ0) is 9.52. The normalized spacial score (nSPS) is 20.8. The van der Waals surface area contributed by atoms with E-state index in [0.29, 0.717) is 6.04 Å². The molecule has 0 aromatic carbocycles. The number of hydrogen-bond donors (Lipinski definition) is 2. The van der Waals surface area contributed by atoms with Crippen molar-refractivity contribution >= 4 is 0 Å². The maximum Gasteiger partial charge on any atom is 0.0164 e. The molecule has 0 saturated heterocycles. The third-order valence-electron chi connectivity index (χ3n) is 2.93. The Morgan fingerprint density at radius 1 is 1.31 bits per heavy atom. The van der Waals surface area contributed by atoms with Crippen LogP contribution in [-0.4, -0.2) is 25.7 Å². The van der Waals surface area contributed by atoms with Crippen LogP contribution in [0.5, 0.6) is 0 Å². The van der Waals surface area contributed by atoms with E-state index in [-0.39, 0.29) is 0 Å². The standard InChI is InChI=1S/C11H24N2/c1-3-12-8-10(2)13-9-11-6-4-5-7-11/h10-13H,3-9H2,1-2H3. The van der Waals surface area contributed by atoms with E-state index in [1.807, 2.05) is 0 Å². The quantitative estimate of drug-likeness (QED) is 0.657. The van der Waals surface area contributed by atoms with E-state index in [1.54, 1.807) is 0 Å². The molecule has 0 aromatic heterocycles. The Kier molecular flexibility index (Phi) is 5.40. The summed E-state index contributed by atoms with van der Waals surface area (Å²) in [5, 5.41) is 6.96. The molecule has 0 radical (unpaired) electrons. The van der Waals surface area contributed by atoms with Crippen LogP contribution in [0.3, 0.4) is 0 Å². The van der Waals surface area contributed by atoms with Gasteiger partial charge in [0, 0.05) is 12.6 Å². The van der Waals surface area contributed by atoms with Gasteiger partial charge in [-0.3, -0.25) is 0 Å². The zero-order valence-corrected chi connectivity index (χ0v) is 9.10. The van der Waals surface area contributed by atoms with Gasteiger partial charge in [-0.1, -0.05) is 19.8 Å². The van der Waals surface area contributed by atoms with Crippen molar-refractivity contribution in [2.75, 3.05) is 19.6 Å². The Hall–Kier alpha value is -0.0800. The lowest BCUT2D eigenvalue weighted by atomic mass is 10.1. The van der Waals surface area contributed by atoms with Gasteiger partial charge in [0.2, 0.25) is 0 Å². The predicted octanol–water partition coefficient (Wildman–Crippen LogP) is 1.76. The molecule has 1 rings (SSSR count). The summed E-state index contributed by atoms with van der Waals surface area (Å²) in [7, 11) is 0. The first-order valence-electron chi connectivity index (χ1n) is 5.77. The van der Waals surface area contributed by atoms with Crippen LogP contribution < -0.4 is 10.6 Å². The van der Waals surface area contributed by atoms with Gasteiger partial charge in [0.15, 0.2) is 0 Å². The Labute approximate surface area is 82.5 Å². The highest BCUT2D eigenvalue weighted by Crippen LogP contribution is 2.23. The second kappa shape index (κ2) is 6.39. The summed E-state index contributed by atoms with van der Waals surface area (Å²) in [5.41, 5.74) is 0. The average Bonchev–Trinajstić information content (AvgIpc) is 2.64. The molecular formula is C11H24N2. The van der Waals surface area contributed by atoms with Crippen LogP contribution in [0.15, 0.2) is 0 Å². The van der Waals surface area contributed by atoms with Crippen molar-refractivity contribution < 1.29 is 0 Å². The van der Waals surface area contributed by atoms with Gasteiger partial charge in [-0.15, -0.1) is 0 Å². The van der Waals surface area contributed by atoms with E-state index >= 15 is 0 Å². The van der Waals surface area contributed by atoms with E-state index in [0.717, 1.165) is 19.0 Å². The first-order valence-corrected chi connectivity index (χ1v) is 5.77. The first kappa shape index (κ1) is 11.0. The second-order valence-corrected chi connectivity index (χ2v) is 4.27. The maximum absolute atomic E-state index is 3.60. The molecule has 1 atom stereocenters. The summed E-state index contributed by atoms with van der Waals surface area (Å²) in [4.78, 5) is 0. The molecule has 0 spiro atoms. The molecule has 1 saturated carbocycles. The van der Waals surface area contributed by atoms with Crippen molar-refractivity contribution in [2.24, 2.45) is 5.92 Å². The van der Waals surface area contributed by atoms with Crippen molar-refractivity contribution in [1.29, 1.82) is 0 Å². The van der Waals surface area contributed by atoms with Crippen molar-refractivity contribution in [2.45, 2.75) is 45.6 Å². The van der Waals surface area contributed by atoms with Gasteiger partial charge < -0.3 is 10.6 Å². The molecule has 0 amide bonds. The van der Waals surface area contributed by atoms with E-state index in [1.165, 1.54) is 32.2 Å². The third-order valence-corrected chi connectivity index (χ3v) is 2.93. The van der Waals surface area contributed by atoms with E-state index in [4.69, 9.17) is 0 Å². The monoisotopic (exact) mass is 184 g/mol. The molecule has 0 heterocycles. The van der Waals surface area contributed by atoms with Crippen LogP contribution in [0.4, 0.5) is 0 Å². The Morgan fingerprint density at radius 3 is 2.62 bits per heavy atom. The van der Waals surface area contributed by atoms with Crippen LogP contribution in [0.1, 0.15) is 39.5 Å². The molecular weight excluding hydrogens is 160 g/mol. The molecule has 2 heteroatoms. The fraction of sp³-hybridized carbons (Fsp3) is 1.00. The van der Waals surface area contributed by atoms with Gasteiger partial charge in [0.25, 0.3) is 0 Å². The number of nitrogens with one attached hydrogen (secondary N) is 2. The molecule has 13 heavy (non-hydrogen) atoms. The van der Waals surface area contributed by atoms with Gasteiger partial charge in [-0.05, 0) is 38.8 Å². The molecule has 1 aliphatic rings. The highest BCUT2D eigenvalue weighted by Gasteiger charge is 2.14. The summed E-state index contributed by atoms with van der Waals surface area (Å²) >= 11 is 0. The molecule has 1 fully saturated rings. The van der Waals surface area contributed by atoms with Crippen molar-refractivity contribution in [3.63, 3.8) is 0 Å². The van der Waals surface area contributed by atoms with Crippen LogP contribution in [0.25, 0.3) is 0 Å². The largest absolute Gasteiger partial charge is 0.315 e. The first-order chi connectivity index (χ1) is 6.33. The van der Waals surface area contributed by atoms with E-state index < -0.39 is 0 Å². The number of hydrogen-bond acceptors (Lipinski definition) is 2. The SMILES string of the molecule is CCNCC(C)NCC1CCCC1. The van der Waals surface area contributed by atoms with Gasteiger partial charge in [0.05, 0.1) is 0 Å². The van der Waals surface area contributed by atoms with Crippen molar-refractivity contribution in [3.05, 3.63) is 0 Å². The van der Waals surface area contributed by atoms with E-state index in [2.05, 4.69) is 24.5 Å². The van der Waals surface area contributed by atoms with Crippen molar-refractivity contribution in [3.8, 4) is 0 Å². The Morgan fingerprint density at radius 2 is 2.00 bits per heavy atom. The molecule has 1 unspecified atom stereocenters. The van der Waals surface area contributed by atoms with Gasteiger partial charge in [0.1, 0.15) is 0 Å². The summed E-state index contributed by atoms with van der Waals surface area (Å²) in [6.45, 7) is 7.83. The molecule has 0 bridgehead atoms. The summed E-state index contributed by atoms with van der Waals surface area (Å²) in [6, 6.07) is 0.626. The van der Waals surface area contributed by atoms with Crippen LogP contribution in [0.2, 0.25) is 0 Å². The van der Waals surface area contributed by atoms with Gasteiger partial charge in [-0.25, -0.2) is 0 Å². The van der Waals surface area contributed by atoms with Crippen LogP contribution in [-0.2, 0) is 0 Å². The molecule has 2 nitrogen and oxygen atoms in total. The van der Waals surface area contributed by atoms with Crippen LogP contribution in [0, 0.1) is 5.92 Å². The van der Waals surface area contributed by atoms with Gasteiger partial charge in [-0.2, -0.15) is 0 Å². The topological polar surface area (TPSA) is 24.1 Å². The fourth-order valence-electron chi connectivity index (χ4n) is 2.02. The van der Waals surface area contributed by atoms with Gasteiger partial charge >= 0.3 is 0 Å². The average molecular weight is 184 g/mol. The van der Waals surface area contributed by atoms with E-state index in [9.17, 15) is 0 Å². The minimum Gasteiger partial charge on any atom is -0.315 e. The smallest absolute Gasteiger partial charge is 0.0164 e. The minimum absolute atomic E-state index is 0.626.